The van der Waals surface area contributed by atoms with Crippen molar-refractivity contribution in [2.45, 2.75) is 6.92 Å². The van der Waals surface area contributed by atoms with Gasteiger partial charge in [-0.2, -0.15) is 0 Å². The second-order valence-electron chi connectivity index (χ2n) is 4.53. The maximum atomic E-state index is 11.3. The first kappa shape index (κ1) is 15.4. The molecule has 3 aromatic rings. The Bertz CT molecular complexity index is 829. The average molecular weight is 294 g/mol. The number of hydrogen-bond acceptors (Lipinski definition) is 4. The predicted molar refractivity (Wildman–Crippen MR) is 92.1 cm³/mol. The van der Waals surface area contributed by atoms with Gasteiger partial charge in [-0.05, 0) is 24.3 Å². The van der Waals surface area contributed by atoms with E-state index in [0.717, 1.165) is 27.8 Å². The lowest BCUT2D eigenvalue weighted by Crippen LogP contribution is -2.08. The summed E-state index contributed by atoms with van der Waals surface area (Å²) in [5, 5.41) is 5.85. The van der Waals surface area contributed by atoms with Gasteiger partial charge in [-0.3, -0.25) is 4.79 Å². The molecular weight excluding hydrogens is 276 g/mol. The molecule has 5 heteroatoms. The van der Waals surface area contributed by atoms with Crippen molar-refractivity contribution in [2.24, 2.45) is 0 Å². The second kappa shape index (κ2) is 6.67. The highest BCUT2D eigenvalue weighted by atomic mass is 16.1. The van der Waals surface area contributed by atoms with Crippen molar-refractivity contribution in [2.75, 3.05) is 17.7 Å². The number of carbonyl (C=O) groups excluding carboxylic acids is 1. The molecule has 1 amide bonds. The average Bonchev–Trinajstić information content (AvgIpc) is 2.53. The fraction of sp³-hybridized carbons (Fsp3) is 0.118. The molecule has 1 heterocycles. The predicted octanol–water partition coefficient (Wildman–Crippen LogP) is 3.59. The summed E-state index contributed by atoms with van der Waals surface area (Å²) in [5.74, 6) is -0.116. The third kappa shape index (κ3) is 3.03. The van der Waals surface area contributed by atoms with E-state index in [4.69, 9.17) is 0 Å². The Balaban J connectivity index is 0.000000847. The molecule has 2 N–H and O–H groups in total. The molecule has 0 aliphatic carbocycles. The van der Waals surface area contributed by atoms with Crippen molar-refractivity contribution in [3.05, 3.63) is 49.6 Å². The van der Waals surface area contributed by atoms with E-state index in [0.29, 0.717) is 5.69 Å². The summed E-state index contributed by atoms with van der Waals surface area (Å²) >= 11 is 0. The van der Waals surface area contributed by atoms with Crippen molar-refractivity contribution in [1.82, 2.24) is 9.97 Å². The number of anilines is 2. The Labute approximate surface area is 129 Å². The molecule has 22 heavy (non-hydrogen) atoms. The number of rotatable bonds is 2. The maximum absolute atomic E-state index is 11.3. The minimum atomic E-state index is -0.116. The van der Waals surface area contributed by atoms with E-state index in [9.17, 15) is 4.79 Å². The van der Waals surface area contributed by atoms with E-state index in [1.807, 2.05) is 36.4 Å². The number of aromatic nitrogens is 2. The lowest BCUT2D eigenvalue weighted by atomic mass is 10.2. The minimum Gasteiger partial charge on any atom is -0.386 e. The zero-order valence-corrected chi connectivity index (χ0v) is 12.7. The zero-order chi connectivity index (χ0) is 16.1. The molecule has 3 rings (SSSR count). The summed E-state index contributed by atoms with van der Waals surface area (Å²) < 4.78 is 0. The number of nitrogens with one attached hydrogen (secondary N) is 2. The number of para-hydroxylation sites is 2. The van der Waals surface area contributed by atoms with Gasteiger partial charge in [0.25, 0.3) is 0 Å². The van der Waals surface area contributed by atoms with Crippen LogP contribution in [0.25, 0.3) is 22.1 Å². The molecule has 0 saturated carbocycles. The lowest BCUT2D eigenvalue weighted by molar-refractivity contribution is -0.114. The third-order valence-corrected chi connectivity index (χ3v) is 3.06. The van der Waals surface area contributed by atoms with Gasteiger partial charge in [0, 0.05) is 14.0 Å². The Morgan fingerprint density at radius 1 is 0.955 bits per heavy atom. The van der Waals surface area contributed by atoms with E-state index < -0.39 is 0 Å². The number of amides is 1. The SMILES string of the molecule is C=C.CNc1cc2nc3ccccc3nc2cc1NC(C)=O. The quantitative estimate of drug-likeness (QED) is 0.560. The molecule has 0 aliphatic heterocycles. The van der Waals surface area contributed by atoms with E-state index >= 15 is 0 Å². The Morgan fingerprint density at radius 3 is 1.91 bits per heavy atom. The topological polar surface area (TPSA) is 66.9 Å². The van der Waals surface area contributed by atoms with Crippen LogP contribution in [0.1, 0.15) is 6.92 Å². The van der Waals surface area contributed by atoms with Gasteiger partial charge in [-0.25, -0.2) is 9.97 Å². The molecule has 0 fully saturated rings. The highest BCUT2D eigenvalue weighted by Gasteiger charge is 2.08. The molecule has 0 bridgehead atoms. The van der Waals surface area contributed by atoms with Crippen molar-refractivity contribution in [3.8, 4) is 0 Å². The highest BCUT2D eigenvalue weighted by molar-refractivity contribution is 5.98. The third-order valence-electron chi connectivity index (χ3n) is 3.06. The fourth-order valence-electron chi connectivity index (χ4n) is 2.17. The minimum absolute atomic E-state index is 0.116. The monoisotopic (exact) mass is 294 g/mol. The highest BCUT2D eigenvalue weighted by Crippen LogP contribution is 2.27. The summed E-state index contributed by atoms with van der Waals surface area (Å²) in [6.07, 6.45) is 0. The first-order chi connectivity index (χ1) is 10.7. The summed E-state index contributed by atoms with van der Waals surface area (Å²) in [6, 6.07) is 11.4. The van der Waals surface area contributed by atoms with Gasteiger partial charge in [0.15, 0.2) is 0 Å². The standard InChI is InChI=1S/C15H14N4O.C2H4/c1-9(20)17-13-8-15-14(7-12(13)16-2)18-10-5-3-4-6-11(10)19-15;1-2/h3-8,16H,1-2H3,(H,17,20);1-2H2. The van der Waals surface area contributed by atoms with Gasteiger partial charge in [-0.15, -0.1) is 13.2 Å². The van der Waals surface area contributed by atoms with Crippen LogP contribution in [0, 0.1) is 0 Å². The lowest BCUT2D eigenvalue weighted by Gasteiger charge is -2.11. The van der Waals surface area contributed by atoms with Crippen LogP contribution in [-0.2, 0) is 4.79 Å². The summed E-state index contributed by atoms with van der Waals surface area (Å²) in [4.78, 5) is 20.4. The fourth-order valence-corrected chi connectivity index (χ4v) is 2.17. The number of nitrogens with zero attached hydrogens (tertiary/aromatic N) is 2. The van der Waals surface area contributed by atoms with Crippen LogP contribution >= 0.6 is 0 Å². The van der Waals surface area contributed by atoms with E-state index in [1.165, 1.54) is 6.92 Å². The molecule has 0 saturated heterocycles. The van der Waals surface area contributed by atoms with Crippen molar-refractivity contribution in [3.63, 3.8) is 0 Å². The molecule has 0 atom stereocenters. The van der Waals surface area contributed by atoms with Crippen LogP contribution < -0.4 is 10.6 Å². The Hall–Kier alpha value is -2.95. The molecule has 2 aromatic carbocycles. The molecule has 5 nitrogen and oxygen atoms in total. The van der Waals surface area contributed by atoms with Crippen LogP contribution in [0.2, 0.25) is 0 Å². The van der Waals surface area contributed by atoms with E-state index in [2.05, 4.69) is 33.8 Å². The summed E-state index contributed by atoms with van der Waals surface area (Å²) in [5.41, 5.74) is 4.77. The van der Waals surface area contributed by atoms with Gasteiger partial charge >= 0.3 is 0 Å². The number of hydrogen-bond donors (Lipinski definition) is 2. The van der Waals surface area contributed by atoms with Gasteiger partial charge in [0.1, 0.15) is 0 Å². The van der Waals surface area contributed by atoms with Crippen LogP contribution in [0.15, 0.2) is 49.6 Å². The molecule has 0 aliphatic rings. The zero-order valence-electron chi connectivity index (χ0n) is 12.7. The van der Waals surface area contributed by atoms with Gasteiger partial charge in [0.2, 0.25) is 5.91 Å². The van der Waals surface area contributed by atoms with Gasteiger partial charge < -0.3 is 10.6 Å². The summed E-state index contributed by atoms with van der Waals surface area (Å²) in [7, 11) is 1.81. The van der Waals surface area contributed by atoms with E-state index in [-0.39, 0.29) is 5.91 Å². The largest absolute Gasteiger partial charge is 0.386 e. The maximum Gasteiger partial charge on any atom is 0.221 e. The second-order valence-corrected chi connectivity index (χ2v) is 4.53. The van der Waals surface area contributed by atoms with Crippen LogP contribution in [-0.4, -0.2) is 22.9 Å². The number of benzene rings is 2. The Morgan fingerprint density at radius 2 is 1.45 bits per heavy atom. The molecular formula is C17H18N4O. The first-order valence-corrected chi connectivity index (χ1v) is 6.83. The van der Waals surface area contributed by atoms with Crippen LogP contribution in [0.4, 0.5) is 11.4 Å². The van der Waals surface area contributed by atoms with Crippen molar-refractivity contribution >= 4 is 39.3 Å². The first-order valence-electron chi connectivity index (χ1n) is 6.83. The van der Waals surface area contributed by atoms with Gasteiger partial charge in [0.05, 0.1) is 33.4 Å². The van der Waals surface area contributed by atoms with Crippen molar-refractivity contribution in [1.29, 1.82) is 0 Å². The molecule has 1 aromatic heterocycles. The smallest absolute Gasteiger partial charge is 0.221 e. The Kier molecular flexibility index (Phi) is 4.68. The van der Waals surface area contributed by atoms with Gasteiger partial charge in [-0.1, -0.05) is 12.1 Å². The van der Waals surface area contributed by atoms with Crippen LogP contribution in [0.3, 0.4) is 0 Å². The van der Waals surface area contributed by atoms with Crippen molar-refractivity contribution < 1.29 is 4.79 Å². The van der Waals surface area contributed by atoms with E-state index in [1.54, 1.807) is 7.05 Å². The molecule has 0 spiro atoms. The molecule has 0 unspecified atom stereocenters. The normalized spacial score (nSPS) is 9.91. The molecule has 112 valence electrons. The molecule has 0 radical (unpaired) electrons. The number of fused-ring (bicyclic) bond motifs is 2. The number of carbonyl (C=O) groups is 1. The van der Waals surface area contributed by atoms with Crippen LogP contribution in [0.5, 0.6) is 0 Å². The summed E-state index contributed by atoms with van der Waals surface area (Å²) in [6.45, 7) is 7.48.